The van der Waals surface area contributed by atoms with Crippen LogP contribution in [0.2, 0.25) is 0 Å². The Hall–Kier alpha value is -0.970. The highest BCUT2D eigenvalue weighted by molar-refractivity contribution is 9.10. The summed E-state index contributed by atoms with van der Waals surface area (Å²) in [6.07, 6.45) is 1.07. The average Bonchev–Trinajstić information content (AvgIpc) is 2.88. The molecule has 1 unspecified atom stereocenters. The Morgan fingerprint density at radius 3 is 2.90 bits per heavy atom. The number of halogens is 1. The number of thioether (sulfide) groups is 1. The summed E-state index contributed by atoms with van der Waals surface area (Å²) < 4.78 is 7.08. The van der Waals surface area contributed by atoms with Crippen molar-refractivity contribution in [2.75, 3.05) is 6.61 Å². The Balaban J connectivity index is 1.67. The fourth-order valence-corrected chi connectivity index (χ4v) is 4.13. The van der Waals surface area contributed by atoms with Crippen LogP contribution >= 0.6 is 27.7 Å². The molecule has 1 aliphatic heterocycles. The molecule has 1 aliphatic rings. The van der Waals surface area contributed by atoms with Crippen LogP contribution in [0.4, 0.5) is 0 Å². The molecule has 0 aromatic heterocycles. The third-order valence-corrected chi connectivity index (χ3v) is 5.38. The quantitative estimate of drug-likeness (QED) is 0.864. The van der Waals surface area contributed by atoms with Gasteiger partial charge in [-0.1, -0.05) is 34.1 Å². The Labute approximate surface area is 138 Å². The lowest BCUT2D eigenvalue weighted by Gasteiger charge is -2.16. The van der Waals surface area contributed by atoms with Crippen molar-refractivity contribution < 1.29 is 4.74 Å². The molecule has 2 atom stereocenters. The Kier molecular flexibility index (Phi) is 4.57. The molecule has 0 bridgehead atoms. The van der Waals surface area contributed by atoms with Crippen LogP contribution < -0.4 is 10.5 Å². The van der Waals surface area contributed by atoms with Crippen molar-refractivity contribution in [2.45, 2.75) is 29.5 Å². The predicted octanol–water partition coefficient (Wildman–Crippen LogP) is 4.56. The minimum absolute atomic E-state index is 0.0362. The molecule has 2 aromatic carbocycles. The van der Waals surface area contributed by atoms with Crippen molar-refractivity contribution in [3.63, 3.8) is 0 Å². The first-order chi connectivity index (χ1) is 10.1. The highest BCUT2D eigenvalue weighted by Gasteiger charge is 2.22. The van der Waals surface area contributed by atoms with Crippen molar-refractivity contribution >= 4 is 27.7 Å². The molecule has 0 fully saturated rings. The topological polar surface area (TPSA) is 35.2 Å². The maximum atomic E-state index is 6.05. The molecule has 0 saturated carbocycles. The van der Waals surface area contributed by atoms with Crippen molar-refractivity contribution in [1.82, 2.24) is 0 Å². The molecular formula is C17H18BrNOS. The maximum Gasteiger partial charge on any atom is 0.124 e. The van der Waals surface area contributed by atoms with Gasteiger partial charge in [0, 0.05) is 26.2 Å². The fraction of sp³-hybridized carbons (Fsp3) is 0.294. The van der Waals surface area contributed by atoms with Crippen molar-refractivity contribution in [2.24, 2.45) is 5.73 Å². The molecule has 0 amide bonds. The van der Waals surface area contributed by atoms with E-state index in [0.717, 1.165) is 22.2 Å². The summed E-state index contributed by atoms with van der Waals surface area (Å²) in [6.45, 7) is 2.69. The van der Waals surface area contributed by atoms with Crippen molar-refractivity contribution in [3.8, 4) is 5.75 Å². The number of hydrogen-bond donors (Lipinski definition) is 1. The van der Waals surface area contributed by atoms with Crippen LogP contribution in [0.25, 0.3) is 0 Å². The average molecular weight is 364 g/mol. The van der Waals surface area contributed by atoms with Crippen LogP contribution in [-0.2, 0) is 6.42 Å². The van der Waals surface area contributed by atoms with Crippen LogP contribution in [0.5, 0.6) is 5.75 Å². The third kappa shape index (κ3) is 3.44. The molecule has 110 valence electrons. The lowest BCUT2D eigenvalue weighted by Crippen LogP contribution is -2.15. The molecule has 2 N–H and O–H groups in total. The van der Waals surface area contributed by atoms with Gasteiger partial charge in [-0.3, -0.25) is 0 Å². The molecule has 1 heterocycles. The normalized spacial score (nSPS) is 18.3. The summed E-state index contributed by atoms with van der Waals surface area (Å²) in [5, 5.41) is 0.479. The van der Waals surface area contributed by atoms with Crippen LogP contribution in [0.3, 0.4) is 0 Å². The largest absolute Gasteiger partial charge is 0.492 e. The third-order valence-electron chi connectivity index (χ3n) is 3.60. The van der Waals surface area contributed by atoms with E-state index in [-0.39, 0.29) is 6.04 Å². The zero-order chi connectivity index (χ0) is 14.8. The second-order valence-corrected chi connectivity index (χ2v) is 7.59. The molecule has 0 aliphatic carbocycles. The minimum Gasteiger partial charge on any atom is -0.492 e. The second kappa shape index (κ2) is 6.42. The molecule has 2 nitrogen and oxygen atoms in total. The van der Waals surface area contributed by atoms with E-state index in [0.29, 0.717) is 11.9 Å². The lowest BCUT2D eigenvalue weighted by atomic mass is 10.1. The van der Waals surface area contributed by atoms with E-state index in [4.69, 9.17) is 10.5 Å². The fourth-order valence-electron chi connectivity index (χ4n) is 2.54. The number of benzene rings is 2. The summed E-state index contributed by atoms with van der Waals surface area (Å²) in [4.78, 5) is 1.38. The number of hydrogen-bond acceptors (Lipinski definition) is 3. The number of rotatable bonds is 4. The summed E-state index contributed by atoms with van der Waals surface area (Å²) in [6, 6.07) is 14.6. The van der Waals surface area contributed by atoms with Gasteiger partial charge in [0.25, 0.3) is 0 Å². The molecule has 4 heteroatoms. The first-order valence-electron chi connectivity index (χ1n) is 7.06. The van der Waals surface area contributed by atoms with E-state index >= 15 is 0 Å². The standard InChI is InChI=1S/C17H18BrNOS/c1-11(19)15-9-13(18)6-7-16(15)20-10-14-8-12-4-2-3-5-17(12)21-14/h2-7,9,11,14H,8,10,19H2,1H3/t11-,14?/m0/s1. The van der Waals surface area contributed by atoms with Gasteiger partial charge in [0.1, 0.15) is 12.4 Å². The van der Waals surface area contributed by atoms with Crippen molar-refractivity contribution in [3.05, 3.63) is 58.1 Å². The van der Waals surface area contributed by atoms with E-state index in [2.05, 4.69) is 40.2 Å². The summed E-state index contributed by atoms with van der Waals surface area (Å²) in [5.41, 5.74) is 8.51. The van der Waals surface area contributed by atoms with Gasteiger partial charge in [0.15, 0.2) is 0 Å². The van der Waals surface area contributed by atoms with E-state index in [1.54, 1.807) is 0 Å². The first kappa shape index (κ1) is 14.9. The van der Waals surface area contributed by atoms with E-state index < -0.39 is 0 Å². The SMILES string of the molecule is C[C@H](N)c1cc(Br)ccc1OCC1Cc2ccccc2S1. The summed E-state index contributed by atoms with van der Waals surface area (Å²) >= 11 is 5.39. The van der Waals surface area contributed by atoms with Gasteiger partial charge in [0.05, 0.1) is 0 Å². The first-order valence-corrected chi connectivity index (χ1v) is 8.73. The van der Waals surface area contributed by atoms with Crippen molar-refractivity contribution in [1.29, 1.82) is 0 Å². The van der Waals surface area contributed by atoms with Gasteiger partial charge in [-0.25, -0.2) is 0 Å². The minimum atomic E-state index is -0.0362. The molecule has 2 aromatic rings. The Bertz CT molecular complexity index is 619. The van der Waals surface area contributed by atoms with Gasteiger partial charge >= 0.3 is 0 Å². The maximum absolute atomic E-state index is 6.05. The van der Waals surface area contributed by atoms with Gasteiger partial charge in [-0.05, 0) is 43.2 Å². The van der Waals surface area contributed by atoms with Gasteiger partial charge in [-0.15, -0.1) is 11.8 Å². The smallest absolute Gasteiger partial charge is 0.124 e. The highest BCUT2D eigenvalue weighted by atomic mass is 79.9. The highest BCUT2D eigenvalue weighted by Crippen LogP contribution is 2.37. The zero-order valence-corrected chi connectivity index (χ0v) is 14.3. The molecule has 0 saturated heterocycles. The van der Waals surface area contributed by atoms with E-state index in [9.17, 15) is 0 Å². The molecular weight excluding hydrogens is 346 g/mol. The number of nitrogens with two attached hydrogens (primary N) is 1. The van der Waals surface area contributed by atoms with Crippen LogP contribution in [-0.4, -0.2) is 11.9 Å². The predicted molar refractivity (Wildman–Crippen MR) is 92.0 cm³/mol. The summed E-state index contributed by atoms with van der Waals surface area (Å²) in [5.74, 6) is 0.893. The molecule has 0 radical (unpaired) electrons. The summed E-state index contributed by atoms with van der Waals surface area (Å²) in [7, 11) is 0. The van der Waals surface area contributed by atoms with Gasteiger partial charge in [0.2, 0.25) is 0 Å². The Morgan fingerprint density at radius 1 is 1.33 bits per heavy atom. The number of ether oxygens (including phenoxy) is 1. The lowest BCUT2D eigenvalue weighted by molar-refractivity contribution is 0.313. The molecule has 3 rings (SSSR count). The van der Waals surface area contributed by atoms with Crippen LogP contribution in [0.1, 0.15) is 24.1 Å². The number of fused-ring (bicyclic) bond motifs is 1. The molecule has 0 spiro atoms. The Morgan fingerprint density at radius 2 is 2.14 bits per heavy atom. The van der Waals surface area contributed by atoms with Gasteiger partial charge in [-0.2, -0.15) is 0 Å². The van der Waals surface area contributed by atoms with E-state index in [1.807, 2.05) is 36.9 Å². The monoisotopic (exact) mass is 363 g/mol. The molecule has 21 heavy (non-hydrogen) atoms. The van der Waals surface area contributed by atoms with Gasteiger partial charge < -0.3 is 10.5 Å². The second-order valence-electron chi connectivity index (χ2n) is 5.33. The van der Waals surface area contributed by atoms with Crippen LogP contribution in [0, 0.1) is 0 Å². The zero-order valence-electron chi connectivity index (χ0n) is 11.9. The van der Waals surface area contributed by atoms with Crippen LogP contribution in [0.15, 0.2) is 51.8 Å². The van der Waals surface area contributed by atoms with E-state index in [1.165, 1.54) is 10.5 Å².